The number of halogens is 3. The predicted molar refractivity (Wildman–Crippen MR) is 120 cm³/mol. The number of aromatic nitrogens is 2. The van der Waals surface area contributed by atoms with Gasteiger partial charge in [-0.25, -0.2) is 9.97 Å². The molecule has 0 bridgehead atoms. The highest BCUT2D eigenvalue weighted by molar-refractivity contribution is 5.92. The predicted octanol–water partition coefficient (Wildman–Crippen LogP) is 2.92. The number of carbonyl (C=O) groups excluding carboxylic acids is 2. The van der Waals surface area contributed by atoms with Crippen LogP contribution in [0.15, 0.2) is 30.5 Å². The molecule has 2 aliphatic rings. The van der Waals surface area contributed by atoms with Crippen LogP contribution in [0.25, 0.3) is 0 Å². The number of nitrogens with one attached hydrogen (secondary N) is 2. The Bertz CT molecular complexity index is 1050. The summed E-state index contributed by atoms with van der Waals surface area (Å²) >= 11 is 0. The molecule has 3 heterocycles. The van der Waals surface area contributed by atoms with Crippen LogP contribution in [0, 0.1) is 5.92 Å². The average molecular weight is 477 g/mol. The molecule has 2 aromatic heterocycles. The van der Waals surface area contributed by atoms with Crippen molar-refractivity contribution in [3.63, 3.8) is 0 Å². The molecule has 2 aromatic rings. The van der Waals surface area contributed by atoms with Gasteiger partial charge in [0.1, 0.15) is 11.5 Å². The number of pyridine rings is 2. The van der Waals surface area contributed by atoms with Crippen LogP contribution < -0.4 is 15.5 Å². The standard InChI is InChI=1S/C23H27F3N6O2/c1-27-22(34)17-4-5-18(21(29-17)23(24,25)26)32-10-8-31(9-11-32)14-16-6-7-28-19(12-16)30-20(33)13-15-2-3-15/h4-7,12,15H,2-3,8-11,13-14H2,1H3,(H,27,34)(H,28,30,33). The maximum absolute atomic E-state index is 13.6. The average Bonchev–Trinajstić information content (AvgIpc) is 3.62. The van der Waals surface area contributed by atoms with Crippen LogP contribution in [0.1, 0.15) is 41.0 Å². The second kappa shape index (κ2) is 9.96. The summed E-state index contributed by atoms with van der Waals surface area (Å²) in [4.78, 5) is 35.4. The molecule has 1 saturated carbocycles. The Morgan fingerprint density at radius 1 is 1.12 bits per heavy atom. The van der Waals surface area contributed by atoms with Gasteiger partial charge in [0.15, 0.2) is 5.69 Å². The van der Waals surface area contributed by atoms with Crippen molar-refractivity contribution in [2.45, 2.75) is 32.0 Å². The quantitative estimate of drug-likeness (QED) is 0.639. The minimum absolute atomic E-state index is 0.0237. The second-order valence-corrected chi connectivity index (χ2v) is 8.65. The molecule has 1 aliphatic heterocycles. The van der Waals surface area contributed by atoms with Gasteiger partial charge in [0.2, 0.25) is 5.91 Å². The lowest BCUT2D eigenvalue weighted by Crippen LogP contribution is -2.46. The lowest BCUT2D eigenvalue weighted by molar-refractivity contribution is -0.140. The van der Waals surface area contributed by atoms with Crippen LogP contribution in [0.5, 0.6) is 0 Å². The third-order valence-electron chi connectivity index (χ3n) is 5.98. The first-order valence-electron chi connectivity index (χ1n) is 11.3. The summed E-state index contributed by atoms with van der Waals surface area (Å²) in [7, 11) is 1.35. The zero-order valence-electron chi connectivity index (χ0n) is 18.9. The van der Waals surface area contributed by atoms with Crippen LogP contribution in [0.2, 0.25) is 0 Å². The highest BCUT2D eigenvalue weighted by Crippen LogP contribution is 2.36. The van der Waals surface area contributed by atoms with Crippen LogP contribution in [-0.4, -0.2) is 59.9 Å². The van der Waals surface area contributed by atoms with E-state index < -0.39 is 17.8 Å². The molecule has 11 heteroatoms. The lowest BCUT2D eigenvalue weighted by Gasteiger charge is -2.37. The van der Waals surface area contributed by atoms with E-state index in [2.05, 4.69) is 25.5 Å². The molecule has 2 fully saturated rings. The first kappa shape index (κ1) is 23.9. The number of rotatable bonds is 7. The van der Waals surface area contributed by atoms with Gasteiger partial charge in [-0.1, -0.05) is 0 Å². The fourth-order valence-corrected chi connectivity index (χ4v) is 3.99. The Morgan fingerprint density at radius 3 is 2.50 bits per heavy atom. The molecular formula is C23H27F3N6O2. The van der Waals surface area contributed by atoms with Gasteiger partial charge in [0.25, 0.3) is 5.91 Å². The number of hydrogen-bond acceptors (Lipinski definition) is 6. The summed E-state index contributed by atoms with van der Waals surface area (Å²) in [6.07, 6.45) is -0.300. The van der Waals surface area contributed by atoms with E-state index in [9.17, 15) is 22.8 Å². The molecule has 2 amide bonds. The second-order valence-electron chi connectivity index (χ2n) is 8.65. The fraction of sp³-hybridized carbons (Fsp3) is 0.478. The Hall–Kier alpha value is -3.21. The highest BCUT2D eigenvalue weighted by atomic mass is 19.4. The summed E-state index contributed by atoms with van der Waals surface area (Å²) in [6.45, 7) is 2.49. The number of alkyl halides is 3. The van der Waals surface area contributed by atoms with Crippen LogP contribution in [0.4, 0.5) is 24.7 Å². The third kappa shape index (κ3) is 6.02. The Balaban J connectivity index is 1.37. The molecule has 34 heavy (non-hydrogen) atoms. The van der Waals surface area contributed by atoms with E-state index in [1.165, 1.54) is 19.2 Å². The number of anilines is 2. The summed E-state index contributed by atoms with van der Waals surface area (Å²) in [5.74, 6) is 0.311. The Labute approximate surface area is 195 Å². The number of nitrogens with zero attached hydrogens (tertiary/aromatic N) is 4. The van der Waals surface area contributed by atoms with Gasteiger partial charge in [0, 0.05) is 52.4 Å². The molecule has 2 N–H and O–H groups in total. The number of carbonyl (C=O) groups is 2. The molecule has 0 spiro atoms. The molecule has 1 saturated heterocycles. The summed E-state index contributed by atoms with van der Waals surface area (Å²) in [5.41, 5.74) is -0.375. The molecular weight excluding hydrogens is 449 g/mol. The van der Waals surface area contributed by atoms with Crippen molar-refractivity contribution < 1.29 is 22.8 Å². The van der Waals surface area contributed by atoms with Crippen LogP contribution in [0.3, 0.4) is 0 Å². The van der Waals surface area contributed by atoms with E-state index >= 15 is 0 Å². The van der Waals surface area contributed by atoms with Crippen LogP contribution in [-0.2, 0) is 17.5 Å². The number of piperazine rings is 1. The summed E-state index contributed by atoms with van der Waals surface area (Å²) < 4.78 is 40.9. The van der Waals surface area contributed by atoms with Gasteiger partial charge in [-0.05, 0) is 48.6 Å². The normalized spacial score (nSPS) is 16.9. The van der Waals surface area contributed by atoms with Gasteiger partial charge >= 0.3 is 6.18 Å². The van der Waals surface area contributed by atoms with Gasteiger partial charge in [-0.2, -0.15) is 13.2 Å². The monoisotopic (exact) mass is 476 g/mol. The molecule has 182 valence electrons. The Morgan fingerprint density at radius 2 is 1.85 bits per heavy atom. The van der Waals surface area contributed by atoms with E-state index in [1.54, 1.807) is 11.1 Å². The largest absolute Gasteiger partial charge is 0.435 e. The van der Waals surface area contributed by atoms with E-state index in [4.69, 9.17) is 0 Å². The zero-order valence-corrected chi connectivity index (χ0v) is 18.9. The van der Waals surface area contributed by atoms with Crippen molar-refractivity contribution in [1.82, 2.24) is 20.2 Å². The SMILES string of the molecule is CNC(=O)c1ccc(N2CCN(Cc3ccnc(NC(=O)CC4CC4)c3)CC2)c(C(F)(F)F)n1. The van der Waals surface area contributed by atoms with Gasteiger partial charge in [0.05, 0.1) is 5.69 Å². The van der Waals surface area contributed by atoms with Crippen molar-refractivity contribution in [3.8, 4) is 0 Å². The molecule has 1 aliphatic carbocycles. The molecule has 8 nitrogen and oxygen atoms in total. The molecule has 0 atom stereocenters. The minimum atomic E-state index is -4.67. The topological polar surface area (TPSA) is 90.5 Å². The van der Waals surface area contributed by atoms with E-state index in [1.807, 2.05) is 12.1 Å². The van der Waals surface area contributed by atoms with E-state index in [0.29, 0.717) is 50.9 Å². The van der Waals surface area contributed by atoms with Gasteiger partial charge in [-0.15, -0.1) is 0 Å². The van der Waals surface area contributed by atoms with Crippen molar-refractivity contribution in [3.05, 3.63) is 47.4 Å². The van der Waals surface area contributed by atoms with Crippen molar-refractivity contribution in [2.75, 3.05) is 43.4 Å². The lowest BCUT2D eigenvalue weighted by atomic mass is 10.1. The molecule has 4 rings (SSSR count). The van der Waals surface area contributed by atoms with Crippen molar-refractivity contribution in [1.29, 1.82) is 0 Å². The molecule has 0 unspecified atom stereocenters. The summed E-state index contributed by atoms with van der Waals surface area (Å²) in [6, 6.07) is 6.33. The highest BCUT2D eigenvalue weighted by Gasteiger charge is 2.38. The molecule has 0 radical (unpaired) electrons. The van der Waals surface area contributed by atoms with Crippen molar-refractivity contribution >= 4 is 23.3 Å². The maximum Gasteiger partial charge on any atom is 0.435 e. The number of hydrogen-bond donors (Lipinski definition) is 2. The third-order valence-corrected chi connectivity index (χ3v) is 5.98. The number of amides is 2. The smallest absolute Gasteiger partial charge is 0.367 e. The fourth-order valence-electron chi connectivity index (χ4n) is 3.99. The molecule has 0 aromatic carbocycles. The van der Waals surface area contributed by atoms with Gasteiger partial charge in [-0.3, -0.25) is 14.5 Å². The first-order chi connectivity index (χ1) is 16.2. The van der Waals surface area contributed by atoms with E-state index in [-0.39, 0.29) is 17.3 Å². The maximum atomic E-state index is 13.6. The van der Waals surface area contributed by atoms with Gasteiger partial charge < -0.3 is 15.5 Å². The Kier molecular flexibility index (Phi) is 7.01. The van der Waals surface area contributed by atoms with Crippen LogP contribution >= 0.6 is 0 Å². The summed E-state index contributed by atoms with van der Waals surface area (Å²) in [5, 5.41) is 5.13. The minimum Gasteiger partial charge on any atom is -0.367 e. The van der Waals surface area contributed by atoms with Crippen molar-refractivity contribution in [2.24, 2.45) is 5.92 Å². The van der Waals surface area contributed by atoms with E-state index in [0.717, 1.165) is 18.4 Å². The zero-order chi connectivity index (χ0) is 24.3. The first-order valence-corrected chi connectivity index (χ1v) is 11.3.